The molecule has 1 aliphatic carbocycles. The van der Waals surface area contributed by atoms with Crippen molar-refractivity contribution in [2.45, 2.75) is 50.5 Å². The molecule has 0 aromatic heterocycles. The van der Waals surface area contributed by atoms with Gasteiger partial charge in [-0.25, -0.2) is 4.39 Å². The Hall–Kier alpha value is -3.75. The molecule has 0 saturated carbocycles. The Morgan fingerprint density at radius 1 is 0.843 bits per heavy atom. The van der Waals surface area contributed by atoms with Crippen molar-refractivity contribution in [3.05, 3.63) is 123 Å². The summed E-state index contributed by atoms with van der Waals surface area (Å²) in [6.45, 7) is 11.2. The molecule has 2 atom stereocenters. The second kappa shape index (κ2) is 14.7. The highest BCUT2D eigenvalue weighted by Crippen LogP contribution is 2.48. The third kappa shape index (κ3) is 7.45. The van der Waals surface area contributed by atoms with Crippen molar-refractivity contribution in [2.24, 2.45) is 0 Å². The van der Waals surface area contributed by atoms with Gasteiger partial charge in [-0.3, -0.25) is 14.6 Å². The molecule has 8 heteroatoms. The van der Waals surface area contributed by atoms with Crippen molar-refractivity contribution in [3.8, 4) is 16.9 Å². The minimum absolute atomic E-state index is 0.102. The molecular formula is C43H47ClFN3O3. The molecule has 4 aliphatic rings. The third-order valence-corrected chi connectivity index (χ3v) is 11.7. The van der Waals surface area contributed by atoms with Crippen LogP contribution in [0.2, 0.25) is 5.02 Å². The number of hydrogen-bond acceptors (Lipinski definition) is 5. The fraction of sp³-hybridized carbons (Fsp3) is 0.419. The van der Waals surface area contributed by atoms with Gasteiger partial charge in [0.15, 0.2) is 0 Å². The first-order chi connectivity index (χ1) is 24.8. The average Bonchev–Trinajstić information content (AvgIpc) is 3.51. The van der Waals surface area contributed by atoms with Crippen molar-refractivity contribution < 1.29 is 18.7 Å². The minimum Gasteiger partial charge on any atom is -0.486 e. The van der Waals surface area contributed by atoms with Crippen LogP contribution in [0.5, 0.6) is 5.75 Å². The molecule has 3 heterocycles. The van der Waals surface area contributed by atoms with Crippen LogP contribution in [0, 0.1) is 5.82 Å². The molecular weight excluding hydrogens is 661 g/mol. The highest BCUT2D eigenvalue weighted by atomic mass is 35.5. The molecule has 0 radical (unpaired) electrons. The van der Waals surface area contributed by atoms with Crippen LogP contribution in [-0.2, 0) is 24.0 Å². The second-order valence-electron chi connectivity index (χ2n) is 15.0. The smallest absolute Gasteiger partial charge is 0.253 e. The van der Waals surface area contributed by atoms with Crippen molar-refractivity contribution in [2.75, 3.05) is 65.6 Å². The maximum absolute atomic E-state index is 14.4. The standard InChI is InChI=1S/C43H47ClFN3O3/c1-43(28-30-9-14-39(44)40(45)25-30)29-35-26-34(27-38(41(35)51-43)37-8-4-6-32-5-2-3-7-36(32)37)31-10-12-33(13-11-31)42(49)48-19-17-46(18-20-48)15-16-47-21-23-50-24-22-47/h2-3,5,7,9-14,25-27,37H,4,6,8,15-24,28-29H2,1H3. The van der Waals surface area contributed by atoms with Gasteiger partial charge in [0.25, 0.3) is 5.91 Å². The maximum Gasteiger partial charge on any atom is 0.253 e. The normalized spacial score (nSPS) is 22.3. The van der Waals surface area contributed by atoms with Crippen molar-refractivity contribution in [3.63, 3.8) is 0 Å². The average molecular weight is 708 g/mol. The van der Waals surface area contributed by atoms with Gasteiger partial charge in [-0.2, -0.15) is 0 Å². The molecule has 4 aromatic rings. The minimum atomic E-state index is -0.521. The van der Waals surface area contributed by atoms with E-state index < -0.39 is 11.4 Å². The third-order valence-electron chi connectivity index (χ3n) is 11.4. The van der Waals surface area contributed by atoms with Crippen molar-refractivity contribution in [1.29, 1.82) is 0 Å². The summed E-state index contributed by atoms with van der Waals surface area (Å²) < 4.78 is 26.8. The summed E-state index contributed by atoms with van der Waals surface area (Å²) in [5, 5.41) is 0.132. The Bertz CT molecular complexity index is 1890. The van der Waals surface area contributed by atoms with E-state index in [-0.39, 0.29) is 16.8 Å². The number of nitrogens with zero attached hydrogens (tertiary/aromatic N) is 3. The molecule has 266 valence electrons. The highest BCUT2D eigenvalue weighted by molar-refractivity contribution is 6.30. The molecule has 1 amide bonds. The first-order valence-electron chi connectivity index (χ1n) is 18.6. The number of rotatable bonds is 8. The molecule has 51 heavy (non-hydrogen) atoms. The number of benzene rings is 4. The van der Waals surface area contributed by atoms with Crippen LogP contribution >= 0.6 is 11.6 Å². The SMILES string of the molecule is CC1(Cc2ccc(Cl)c(F)c2)Cc2cc(-c3ccc(C(=O)N4CCN(CCN5CCOCC5)CC4)cc3)cc(C3CCCc4ccccc43)c2O1. The van der Waals surface area contributed by atoms with Gasteiger partial charge in [0.2, 0.25) is 0 Å². The van der Waals surface area contributed by atoms with Crippen LogP contribution in [0.4, 0.5) is 4.39 Å². The molecule has 8 rings (SSSR count). The van der Waals surface area contributed by atoms with Gasteiger partial charge in [-0.1, -0.05) is 54.1 Å². The van der Waals surface area contributed by atoms with Gasteiger partial charge in [-0.05, 0) is 96.0 Å². The van der Waals surface area contributed by atoms with E-state index in [4.69, 9.17) is 21.1 Å². The molecule has 2 unspecified atom stereocenters. The topological polar surface area (TPSA) is 45.3 Å². The van der Waals surface area contributed by atoms with Crippen LogP contribution in [0.1, 0.15) is 63.9 Å². The highest BCUT2D eigenvalue weighted by Gasteiger charge is 2.39. The summed E-state index contributed by atoms with van der Waals surface area (Å²) >= 11 is 6.00. The van der Waals surface area contributed by atoms with E-state index in [2.05, 4.69) is 65.3 Å². The zero-order valence-electron chi connectivity index (χ0n) is 29.5. The zero-order chi connectivity index (χ0) is 35.0. The summed E-state index contributed by atoms with van der Waals surface area (Å²) in [7, 11) is 0. The van der Waals surface area contributed by atoms with E-state index in [0.717, 1.165) is 119 Å². The number of halogens is 2. The lowest BCUT2D eigenvalue weighted by Gasteiger charge is -2.36. The maximum atomic E-state index is 14.4. The number of amides is 1. The molecule has 6 nitrogen and oxygen atoms in total. The predicted molar refractivity (Wildman–Crippen MR) is 201 cm³/mol. The van der Waals surface area contributed by atoms with Crippen molar-refractivity contribution >= 4 is 17.5 Å². The lowest BCUT2D eigenvalue weighted by Crippen LogP contribution is -2.51. The number of carbonyl (C=O) groups is 1. The molecule has 0 N–H and O–H groups in total. The summed E-state index contributed by atoms with van der Waals surface area (Å²) in [5.74, 6) is 0.894. The second-order valence-corrected chi connectivity index (χ2v) is 15.4. The van der Waals surface area contributed by atoms with E-state index in [0.29, 0.717) is 6.42 Å². The molecule has 3 aliphatic heterocycles. The Balaban J connectivity index is 1.02. The van der Waals surface area contributed by atoms with Gasteiger partial charge < -0.3 is 14.4 Å². The zero-order valence-corrected chi connectivity index (χ0v) is 30.3. The fourth-order valence-electron chi connectivity index (χ4n) is 8.61. The number of aryl methyl sites for hydroxylation is 1. The van der Waals surface area contributed by atoms with E-state index in [1.807, 2.05) is 23.1 Å². The molecule has 2 fully saturated rings. The van der Waals surface area contributed by atoms with E-state index in [1.165, 1.54) is 28.3 Å². The first-order valence-corrected chi connectivity index (χ1v) is 19.0. The number of carbonyl (C=O) groups excluding carboxylic acids is 1. The largest absolute Gasteiger partial charge is 0.486 e. The number of ether oxygens (including phenoxy) is 2. The first kappa shape index (κ1) is 34.3. The molecule has 0 spiro atoms. The monoisotopic (exact) mass is 707 g/mol. The number of hydrogen-bond donors (Lipinski definition) is 0. The van der Waals surface area contributed by atoms with Crippen LogP contribution in [-0.4, -0.2) is 91.8 Å². The lowest BCUT2D eigenvalue weighted by molar-refractivity contribution is 0.0293. The lowest BCUT2D eigenvalue weighted by atomic mass is 9.77. The number of piperazine rings is 1. The summed E-state index contributed by atoms with van der Waals surface area (Å²) in [4.78, 5) is 20.5. The Morgan fingerprint density at radius 3 is 2.35 bits per heavy atom. The Labute approximate surface area is 306 Å². The molecule has 2 saturated heterocycles. The van der Waals surface area contributed by atoms with Crippen LogP contribution in [0.15, 0.2) is 78.9 Å². The van der Waals surface area contributed by atoms with Crippen LogP contribution < -0.4 is 4.74 Å². The Kier molecular flexibility index (Phi) is 9.90. The molecule has 4 aromatic carbocycles. The number of morpholine rings is 1. The number of fused-ring (bicyclic) bond motifs is 2. The van der Waals surface area contributed by atoms with Crippen LogP contribution in [0.3, 0.4) is 0 Å². The van der Waals surface area contributed by atoms with Gasteiger partial charge in [0, 0.05) is 82.2 Å². The summed E-state index contributed by atoms with van der Waals surface area (Å²) in [5.41, 5.74) is 8.47. The quantitative estimate of drug-likeness (QED) is 0.189. The van der Waals surface area contributed by atoms with Crippen LogP contribution in [0.25, 0.3) is 11.1 Å². The fourth-order valence-corrected chi connectivity index (χ4v) is 8.72. The molecule has 0 bridgehead atoms. The van der Waals surface area contributed by atoms with Gasteiger partial charge in [0.05, 0.1) is 18.2 Å². The predicted octanol–water partition coefficient (Wildman–Crippen LogP) is 7.64. The van der Waals surface area contributed by atoms with E-state index >= 15 is 0 Å². The van der Waals surface area contributed by atoms with Gasteiger partial charge in [-0.15, -0.1) is 0 Å². The summed E-state index contributed by atoms with van der Waals surface area (Å²) in [6.07, 6.45) is 4.57. The van der Waals surface area contributed by atoms with E-state index in [1.54, 1.807) is 6.07 Å². The van der Waals surface area contributed by atoms with Gasteiger partial charge >= 0.3 is 0 Å². The summed E-state index contributed by atoms with van der Waals surface area (Å²) in [6, 6.07) is 26.6. The Morgan fingerprint density at radius 2 is 1.59 bits per heavy atom. The van der Waals surface area contributed by atoms with Gasteiger partial charge in [0.1, 0.15) is 17.2 Å². The van der Waals surface area contributed by atoms with Crippen molar-refractivity contribution in [1.82, 2.24) is 14.7 Å². The van der Waals surface area contributed by atoms with E-state index in [9.17, 15) is 9.18 Å².